The molecule has 1 aliphatic rings. The maximum Gasteiger partial charge on any atom is 0.437 e. The van der Waals surface area contributed by atoms with Crippen molar-refractivity contribution in [2.75, 3.05) is 13.7 Å². The van der Waals surface area contributed by atoms with Crippen molar-refractivity contribution >= 4 is 23.7 Å². The Bertz CT molecular complexity index is 1270. The lowest BCUT2D eigenvalue weighted by Gasteiger charge is -2.35. The van der Waals surface area contributed by atoms with Crippen LogP contribution < -0.4 is 11.5 Å². The quantitative estimate of drug-likeness (QED) is 0.459. The molecule has 1 saturated heterocycles. The van der Waals surface area contributed by atoms with Crippen LogP contribution in [0.4, 0.5) is 9.18 Å². The number of carbonyl (C=O) groups is 4. The number of rotatable bonds is 9. The van der Waals surface area contributed by atoms with Crippen molar-refractivity contribution in [2.45, 2.75) is 65.2 Å². The Labute approximate surface area is 224 Å². The van der Waals surface area contributed by atoms with Gasteiger partial charge in [0.25, 0.3) is 17.7 Å². The van der Waals surface area contributed by atoms with Crippen LogP contribution in [-0.2, 0) is 20.9 Å². The predicted octanol–water partition coefficient (Wildman–Crippen LogP) is 1.80. The van der Waals surface area contributed by atoms with E-state index in [9.17, 15) is 28.4 Å². The van der Waals surface area contributed by atoms with Crippen molar-refractivity contribution < 1.29 is 32.7 Å². The molecule has 12 nitrogen and oxygen atoms in total. The third kappa shape index (κ3) is 6.48. The molecule has 2 aromatic rings. The minimum atomic E-state index is -1.16. The molecule has 0 unspecified atom stereocenters. The second-order valence-electron chi connectivity index (χ2n) is 10.2. The molecule has 1 fully saturated rings. The third-order valence-corrected chi connectivity index (χ3v) is 6.70. The first-order valence-corrected chi connectivity index (χ1v) is 12.7. The molecule has 3 atom stereocenters. The molecule has 0 spiro atoms. The number of amides is 3. The van der Waals surface area contributed by atoms with Gasteiger partial charge in [0.05, 0.1) is 31.8 Å². The minimum absolute atomic E-state index is 0.0423. The van der Waals surface area contributed by atoms with Crippen LogP contribution in [0.1, 0.15) is 56.8 Å². The minimum Gasteiger partial charge on any atom is -0.452 e. The molecule has 3 amide bonds. The van der Waals surface area contributed by atoms with Gasteiger partial charge < -0.3 is 14.9 Å². The Morgan fingerprint density at radius 1 is 1.15 bits per heavy atom. The molecular weight excluding hydrogens is 513 g/mol. The molecule has 13 heteroatoms. The summed E-state index contributed by atoms with van der Waals surface area (Å²) in [6.07, 6.45) is -0.378. The van der Waals surface area contributed by atoms with E-state index in [0.717, 1.165) is 11.8 Å². The van der Waals surface area contributed by atoms with Crippen molar-refractivity contribution in [2.24, 2.45) is 17.6 Å². The number of benzene rings is 1. The lowest BCUT2D eigenvalue weighted by atomic mass is 9.96. The topological polar surface area (TPSA) is 158 Å². The van der Waals surface area contributed by atoms with Crippen LogP contribution in [0.25, 0.3) is 0 Å². The molecule has 0 aliphatic carbocycles. The first-order valence-electron chi connectivity index (χ1n) is 12.7. The van der Waals surface area contributed by atoms with Gasteiger partial charge >= 0.3 is 11.8 Å². The Morgan fingerprint density at radius 2 is 1.79 bits per heavy atom. The van der Waals surface area contributed by atoms with E-state index in [1.54, 1.807) is 32.6 Å². The van der Waals surface area contributed by atoms with Crippen LogP contribution in [0.5, 0.6) is 0 Å². The van der Waals surface area contributed by atoms with Crippen LogP contribution in [0, 0.1) is 17.7 Å². The van der Waals surface area contributed by atoms with Gasteiger partial charge in [-0.1, -0.05) is 39.8 Å². The lowest BCUT2D eigenvalue weighted by Crippen LogP contribution is -2.58. The van der Waals surface area contributed by atoms with Gasteiger partial charge in [-0.05, 0) is 48.9 Å². The number of ketones is 1. The normalized spacial score (nSPS) is 17.3. The number of nitrogens with zero attached hydrogens (tertiary/aromatic N) is 4. The number of imide groups is 3. The van der Waals surface area contributed by atoms with Crippen molar-refractivity contribution in [3.63, 3.8) is 0 Å². The standard InChI is InChI=1S/C26H34FN5O7/c1-14(2)19(28)24(35)32(26(37)38-5)23(34)18-7-6-12-30(18)20(15(3)4)21(33)22-29-31(25(36)39-22)13-16-8-10-17(27)11-9-16/h8-11,14-15,18-20H,6-7,12-13,28H2,1-5H3/t18-,19-,20-/m0/s1. The van der Waals surface area contributed by atoms with Gasteiger partial charge in [0.1, 0.15) is 5.82 Å². The molecule has 0 saturated carbocycles. The smallest absolute Gasteiger partial charge is 0.437 e. The molecule has 212 valence electrons. The van der Waals surface area contributed by atoms with Crippen LogP contribution in [0.3, 0.4) is 0 Å². The summed E-state index contributed by atoms with van der Waals surface area (Å²) in [5.74, 6) is -4.83. The van der Waals surface area contributed by atoms with Gasteiger partial charge in [0.2, 0.25) is 5.78 Å². The van der Waals surface area contributed by atoms with Gasteiger partial charge in [-0.2, -0.15) is 9.58 Å². The molecule has 1 aromatic carbocycles. The van der Waals surface area contributed by atoms with Crippen LogP contribution in [-0.4, -0.2) is 75.1 Å². The number of Topliss-reactive ketones (excluding diaryl/α,β-unsaturated/α-hetero) is 1. The molecule has 0 radical (unpaired) electrons. The number of likely N-dealkylation sites (tertiary alicyclic amines) is 1. The third-order valence-electron chi connectivity index (χ3n) is 6.70. The monoisotopic (exact) mass is 547 g/mol. The van der Waals surface area contributed by atoms with E-state index in [2.05, 4.69) is 5.10 Å². The zero-order chi connectivity index (χ0) is 29.0. The summed E-state index contributed by atoms with van der Waals surface area (Å²) in [6.45, 7) is 7.15. The zero-order valence-corrected chi connectivity index (χ0v) is 22.6. The molecule has 39 heavy (non-hydrogen) atoms. The molecule has 2 heterocycles. The van der Waals surface area contributed by atoms with Crippen molar-refractivity contribution in [1.82, 2.24) is 19.6 Å². The molecule has 0 bridgehead atoms. The summed E-state index contributed by atoms with van der Waals surface area (Å²) >= 11 is 0. The number of methoxy groups -OCH3 is 1. The fourth-order valence-electron chi connectivity index (χ4n) is 4.58. The van der Waals surface area contributed by atoms with E-state index in [0.29, 0.717) is 23.4 Å². The second kappa shape index (κ2) is 12.4. The molecular formula is C26H34FN5O7. The Kier molecular flexibility index (Phi) is 9.51. The van der Waals surface area contributed by atoms with E-state index in [4.69, 9.17) is 14.9 Å². The number of aromatic nitrogens is 2. The first kappa shape index (κ1) is 29.8. The van der Waals surface area contributed by atoms with Gasteiger partial charge in [0, 0.05) is 0 Å². The van der Waals surface area contributed by atoms with Crippen LogP contribution >= 0.6 is 0 Å². The largest absolute Gasteiger partial charge is 0.452 e. The van der Waals surface area contributed by atoms with E-state index < -0.39 is 59.3 Å². The Morgan fingerprint density at radius 3 is 2.36 bits per heavy atom. The fraction of sp³-hybridized carbons (Fsp3) is 0.538. The fourth-order valence-corrected chi connectivity index (χ4v) is 4.58. The Hall–Kier alpha value is -3.71. The molecule has 1 aromatic heterocycles. The van der Waals surface area contributed by atoms with Crippen LogP contribution in [0.15, 0.2) is 33.5 Å². The number of hydrogen-bond acceptors (Lipinski definition) is 10. The maximum absolute atomic E-state index is 13.6. The van der Waals surface area contributed by atoms with E-state index in [1.807, 2.05) is 0 Å². The Balaban J connectivity index is 1.89. The van der Waals surface area contributed by atoms with Gasteiger partial charge in [-0.15, -0.1) is 5.10 Å². The summed E-state index contributed by atoms with van der Waals surface area (Å²) in [7, 11) is 1.05. The lowest BCUT2D eigenvalue weighted by molar-refractivity contribution is -0.146. The van der Waals surface area contributed by atoms with Crippen LogP contribution in [0.2, 0.25) is 0 Å². The van der Waals surface area contributed by atoms with E-state index >= 15 is 0 Å². The average molecular weight is 548 g/mol. The highest BCUT2D eigenvalue weighted by Gasteiger charge is 2.46. The number of nitrogens with two attached hydrogens (primary N) is 1. The molecule has 3 rings (SSSR count). The summed E-state index contributed by atoms with van der Waals surface area (Å²) in [4.78, 5) is 67.1. The second-order valence-corrected chi connectivity index (χ2v) is 10.2. The van der Waals surface area contributed by atoms with Crippen molar-refractivity contribution in [3.05, 3.63) is 52.1 Å². The van der Waals surface area contributed by atoms with E-state index in [-0.39, 0.29) is 24.8 Å². The summed E-state index contributed by atoms with van der Waals surface area (Å²) in [6, 6.07) is 2.36. The summed E-state index contributed by atoms with van der Waals surface area (Å²) < 4.78 is 24.0. The number of ether oxygens (including phenoxy) is 1. The van der Waals surface area contributed by atoms with Gasteiger partial charge in [0.15, 0.2) is 0 Å². The summed E-state index contributed by atoms with van der Waals surface area (Å²) in [5.41, 5.74) is 6.52. The highest BCUT2D eigenvalue weighted by molar-refractivity contribution is 6.12. The highest BCUT2D eigenvalue weighted by atomic mass is 19.1. The SMILES string of the molecule is COC(=O)N(C(=O)[C@@H](N)C(C)C)C(=O)[C@@H]1CCCN1[C@H](C(=O)c1nn(Cc2ccc(F)cc2)c(=O)o1)C(C)C. The maximum atomic E-state index is 13.6. The predicted molar refractivity (Wildman–Crippen MR) is 136 cm³/mol. The summed E-state index contributed by atoms with van der Waals surface area (Å²) in [5, 5.41) is 4.05. The van der Waals surface area contributed by atoms with Gasteiger partial charge in [-0.3, -0.25) is 19.3 Å². The van der Waals surface area contributed by atoms with Crippen molar-refractivity contribution in [3.8, 4) is 0 Å². The molecule has 1 aliphatic heterocycles. The van der Waals surface area contributed by atoms with Gasteiger partial charge in [-0.25, -0.2) is 14.0 Å². The van der Waals surface area contributed by atoms with Crippen molar-refractivity contribution in [1.29, 1.82) is 0 Å². The zero-order valence-electron chi connectivity index (χ0n) is 22.6. The first-order chi connectivity index (χ1) is 18.4. The molecule has 2 N–H and O–H groups in total. The number of halogens is 1. The average Bonchev–Trinajstić information content (AvgIpc) is 3.51. The van der Waals surface area contributed by atoms with E-state index in [1.165, 1.54) is 24.3 Å². The highest BCUT2D eigenvalue weighted by Crippen LogP contribution is 2.28. The number of hydrogen-bond donors (Lipinski definition) is 1. The number of carbonyl (C=O) groups excluding carboxylic acids is 4.